The van der Waals surface area contributed by atoms with Crippen molar-refractivity contribution < 1.29 is 0 Å². The molecule has 1 nitrogen and oxygen atoms in total. The molecule has 0 aliphatic carbocycles. The summed E-state index contributed by atoms with van der Waals surface area (Å²) in [6, 6.07) is 17.0. The lowest BCUT2D eigenvalue weighted by Gasteiger charge is -2.12. The lowest BCUT2D eigenvalue weighted by molar-refractivity contribution is 0.726. The normalized spacial score (nSPS) is 12.7. The van der Waals surface area contributed by atoms with Crippen LogP contribution in [0.5, 0.6) is 0 Å². The van der Waals surface area contributed by atoms with Gasteiger partial charge in [0.1, 0.15) is 0 Å². The van der Waals surface area contributed by atoms with Crippen molar-refractivity contribution in [3.05, 3.63) is 68.6 Å². The molecule has 19 heavy (non-hydrogen) atoms. The lowest BCUT2D eigenvalue weighted by atomic mass is 9.99. The summed E-state index contributed by atoms with van der Waals surface area (Å²) in [4.78, 5) is 0. The monoisotopic (exact) mass is 379 g/mol. The van der Waals surface area contributed by atoms with Crippen LogP contribution in [0.1, 0.15) is 17.2 Å². The molecule has 2 aromatic carbocycles. The number of benzene rings is 2. The SMILES string of the molecule is NC(Cc1csc2ccccc12)c1cccc(I)c1. The third-order valence-electron chi connectivity index (χ3n) is 3.28. The molecule has 0 saturated heterocycles. The van der Waals surface area contributed by atoms with Gasteiger partial charge >= 0.3 is 0 Å². The molecule has 1 heterocycles. The van der Waals surface area contributed by atoms with Gasteiger partial charge in [0.15, 0.2) is 0 Å². The first-order valence-electron chi connectivity index (χ1n) is 6.20. The Balaban J connectivity index is 1.89. The largest absolute Gasteiger partial charge is 0.324 e. The first-order valence-corrected chi connectivity index (χ1v) is 8.16. The number of thiophene rings is 1. The molecule has 3 rings (SSSR count). The van der Waals surface area contributed by atoms with Crippen molar-refractivity contribution in [3.8, 4) is 0 Å². The third kappa shape index (κ3) is 2.83. The van der Waals surface area contributed by atoms with Crippen LogP contribution in [-0.4, -0.2) is 0 Å². The Bertz CT molecular complexity index is 705. The Morgan fingerprint density at radius 3 is 2.79 bits per heavy atom. The topological polar surface area (TPSA) is 26.0 Å². The zero-order valence-electron chi connectivity index (χ0n) is 10.3. The van der Waals surface area contributed by atoms with Crippen LogP contribution in [0.4, 0.5) is 0 Å². The molecule has 2 N–H and O–H groups in total. The number of rotatable bonds is 3. The van der Waals surface area contributed by atoms with Crippen molar-refractivity contribution in [2.45, 2.75) is 12.5 Å². The highest BCUT2D eigenvalue weighted by Crippen LogP contribution is 2.29. The molecule has 0 aliphatic rings. The molecule has 0 spiro atoms. The highest BCUT2D eigenvalue weighted by atomic mass is 127. The average molecular weight is 379 g/mol. The summed E-state index contributed by atoms with van der Waals surface area (Å²) in [6.45, 7) is 0. The van der Waals surface area contributed by atoms with Gasteiger partial charge in [-0.1, -0.05) is 30.3 Å². The summed E-state index contributed by atoms with van der Waals surface area (Å²) in [5.74, 6) is 0. The van der Waals surface area contributed by atoms with Gasteiger partial charge in [-0.25, -0.2) is 0 Å². The maximum Gasteiger partial charge on any atom is 0.0345 e. The van der Waals surface area contributed by atoms with Crippen LogP contribution in [-0.2, 0) is 6.42 Å². The Labute approximate surface area is 130 Å². The molecular formula is C16H14INS. The van der Waals surface area contributed by atoms with Crippen molar-refractivity contribution in [1.29, 1.82) is 0 Å². The number of hydrogen-bond donors (Lipinski definition) is 1. The van der Waals surface area contributed by atoms with Crippen molar-refractivity contribution in [2.24, 2.45) is 5.73 Å². The minimum Gasteiger partial charge on any atom is -0.324 e. The van der Waals surface area contributed by atoms with Gasteiger partial charge in [0, 0.05) is 14.3 Å². The van der Waals surface area contributed by atoms with E-state index in [1.54, 1.807) is 11.3 Å². The van der Waals surface area contributed by atoms with Crippen LogP contribution in [0.2, 0.25) is 0 Å². The number of hydrogen-bond acceptors (Lipinski definition) is 2. The van der Waals surface area contributed by atoms with Crippen LogP contribution < -0.4 is 5.73 Å². The Kier molecular flexibility index (Phi) is 3.86. The van der Waals surface area contributed by atoms with Gasteiger partial charge in [0.25, 0.3) is 0 Å². The summed E-state index contributed by atoms with van der Waals surface area (Å²) in [5.41, 5.74) is 8.91. The van der Waals surface area contributed by atoms with E-state index < -0.39 is 0 Å². The van der Waals surface area contributed by atoms with Gasteiger partial charge in [0.2, 0.25) is 0 Å². The molecule has 0 bridgehead atoms. The molecule has 0 amide bonds. The third-order valence-corrected chi connectivity index (χ3v) is 4.96. The average Bonchev–Trinajstić information content (AvgIpc) is 2.82. The predicted molar refractivity (Wildman–Crippen MR) is 91.6 cm³/mol. The minimum atomic E-state index is 0.0627. The van der Waals surface area contributed by atoms with Gasteiger partial charge in [-0.2, -0.15) is 0 Å². The van der Waals surface area contributed by atoms with Crippen molar-refractivity contribution in [2.75, 3.05) is 0 Å². The van der Waals surface area contributed by atoms with Gasteiger partial charge < -0.3 is 5.73 Å². The zero-order valence-corrected chi connectivity index (χ0v) is 13.3. The van der Waals surface area contributed by atoms with Crippen LogP contribution >= 0.6 is 33.9 Å². The lowest BCUT2D eigenvalue weighted by Crippen LogP contribution is -2.13. The highest BCUT2D eigenvalue weighted by molar-refractivity contribution is 14.1. The summed E-state index contributed by atoms with van der Waals surface area (Å²) < 4.78 is 2.58. The maximum atomic E-state index is 6.35. The predicted octanol–water partition coefficient (Wildman–Crippen LogP) is 4.75. The fourth-order valence-corrected chi connectivity index (χ4v) is 3.83. The molecule has 1 aromatic heterocycles. The molecule has 0 aliphatic heterocycles. The number of halogens is 1. The van der Waals surface area contributed by atoms with Crippen LogP contribution in [0, 0.1) is 3.57 Å². The second-order valence-electron chi connectivity index (χ2n) is 4.62. The summed E-state index contributed by atoms with van der Waals surface area (Å²) in [5, 5.41) is 3.58. The van der Waals surface area contributed by atoms with E-state index in [2.05, 4.69) is 76.5 Å². The second kappa shape index (κ2) is 5.61. The van der Waals surface area contributed by atoms with Gasteiger partial charge in [-0.3, -0.25) is 0 Å². The number of nitrogens with two attached hydrogens (primary N) is 1. The van der Waals surface area contributed by atoms with E-state index in [-0.39, 0.29) is 6.04 Å². The fourth-order valence-electron chi connectivity index (χ4n) is 2.28. The number of fused-ring (bicyclic) bond motifs is 1. The van der Waals surface area contributed by atoms with E-state index in [0.29, 0.717) is 0 Å². The molecule has 1 unspecified atom stereocenters. The quantitative estimate of drug-likeness (QED) is 0.653. The Hall–Kier alpha value is -0.910. The molecule has 96 valence electrons. The fraction of sp³-hybridized carbons (Fsp3) is 0.125. The van der Waals surface area contributed by atoms with Crippen LogP contribution in [0.15, 0.2) is 53.9 Å². The molecule has 0 radical (unpaired) electrons. The molecular weight excluding hydrogens is 365 g/mol. The van der Waals surface area contributed by atoms with E-state index in [1.165, 1.54) is 24.8 Å². The first kappa shape index (κ1) is 13.1. The molecule has 0 fully saturated rings. The zero-order chi connectivity index (χ0) is 13.2. The van der Waals surface area contributed by atoms with Crippen molar-refractivity contribution in [3.63, 3.8) is 0 Å². The minimum absolute atomic E-state index is 0.0627. The van der Waals surface area contributed by atoms with Crippen LogP contribution in [0.3, 0.4) is 0 Å². The van der Waals surface area contributed by atoms with Crippen molar-refractivity contribution in [1.82, 2.24) is 0 Å². The molecule has 3 aromatic rings. The molecule has 3 heteroatoms. The highest BCUT2D eigenvalue weighted by Gasteiger charge is 2.10. The Morgan fingerprint density at radius 2 is 1.95 bits per heavy atom. The maximum absolute atomic E-state index is 6.35. The van der Waals surface area contributed by atoms with E-state index >= 15 is 0 Å². The standard InChI is InChI=1S/C16H14INS/c17-13-5-3-4-11(8-13)15(18)9-12-10-19-16-7-2-1-6-14(12)16/h1-8,10,15H,9,18H2. The first-order chi connectivity index (χ1) is 9.24. The molecule has 1 atom stereocenters. The van der Waals surface area contributed by atoms with Gasteiger partial charge in [-0.15, -0.1) is 11.3 Å². The van der Waals surface area contributed by atoms with Gasteiger partial charge in [-0.05, 0) is 69.1 Å². The summed E-state index contributed by atoms with van der Waals surface area (Å²) in [6.07, 6.45) is 0.893. The van der Waals surface area contributed by atoms with E-state index in [4.69, 9.17) is 5.73 Å². The second-order valence-corrected chi connectivity index (χ2v) is 6.78. The van der Waals surface area contributed by atoms with E-state index in [0.717, 1.165) is 6.42 Å². The van der Waals surface area contributed by atoms with Crippen molar-refractivity contribution >= 4 is 44.0 Å². The smallest absolute Gasteiger partial charge is 0.0345 e. The summed E-state index contributed by atoms with van der Waals surface area (Å²) in [7, 11) is 0. The summed E-state index contributed by atoms with van der Waals surface area (Å²) >= 11 is 4.13. The molecule has 0 saturated carbocycles. The van der Waals surface area contributed by atoms with E-state index in [1.807, 2.05) is 0 Å². The van der Waals surface area contributed by atoms with E-state index in [9.17, 15) is 0 Å². The Morgan fingerprint density at radius 1 is 1.11 bits per heavy atom. The van der Waals surface area contributed by atoms with Crippen LogP contribution in [0.25, 0.3) is 10.1 Å². The van der Waals surface area contributed by atoms with Gasteiger partial charge in [0.05, 0.1) is 0 Å².